The summed E-state index contributed by atoms with van der Waals surface area (Å²) in [4.78, 5) is 0. The molecule has 25 heavy (non-hydrogen) atoms. The second kappa shape index (κ2) is 7.95. The molecule has 0 aromatic heterocycles. The Hall–Kier alpha value is -2.65. The van der Waals surface area contributed by atoms with E-state index < -0.39 is 0 Å². The van der Waals surface area contributed by atoms with Gasteiger partial charge in [-0.1, -0.05) is 60.2 Å². The predicted molar refractivity (Wildman–Crippen MR) is 102 cm³/mol. The smallest absolute Gasteiger partial charge is 0.123 e. The molecule has 3 rings (SSSR count). The Morgan fingerprint density at radius 1 is 0.800 bits per heavy atom. The molecule has 2 nitrogen and oxygen atoms in total. The lowest BCUT2D eigenvalue weighted by Crippen LogP contribution is -2.30. The average molecular weight is 334 g/mol. The second-order valence-electron chi connectivity index (χ2n) is 6.30. The molecule has 0 aliphatic carbocycles. The first kappa shape index (κ1) is 17.2. The van der Waals surface area contributed by atoms with Crippen LogP contribution >= 0.6 is 0 Å². The van der Waals surface area contributed by atoms with Crippen molar-refractivity contribution >= 4 is 5.69 Å². The van der Waals surface area contributed by atoms with E-state index >= 15 is 0 Å². The highest BCUT2D eigenvalue weighted by atomic mass is 19.1. The van der Waals surface area contributed by atoms with Crippen LogP contribution in [0.4, 0.5) is 10.1 Å². The summed E-state index contributed by atoms with van der Waals surface area (Å²) in [7, 11) is 0. The number of aryl methyl sites for hydroxylation is 1. The third kappa shape index (κ3) is 4.68. The summed E-state index contributed by atoms with van der Waals surface area (Å²) < 4.78 is 13.5. The maximum atomic E-state index is 13.5. The van der Waals surface area contributed by atoms with E-state index in [9.17, 15) is 4.39 Å². The van der Waals surface area contributed by atoms with Gasteiger partial charge in [0.1, 0.15) is 12.0 Å². The van der Waals surface area contributed by atoms with Gasteiger partial charge < -0.3 is 5.32 Å². The monoisotopic (exact) mass is 334 g/mol. The number of nitrogens with one attached hydrogen (secondary N) is 2. The fourth-order valence-electron chi connectivity index (χ4n) is 2.80. The Kier molecular flexibility index (Phi) is 5.46. The Bertz CT molecular complexity index is 800. The Balaban J connectivity index is 1.84. The molecule has 0 saturated heterocycles. The number of halogens is 1. The molecule has 3 aromatic rings. The number of hydrogen-bond donors (Lipinski definition) is 2. The van der Waals surface area contributed by atoms with Gasteiger partial charge in [0, 0.05) is 11.7 Å². The standard InChI is InChI=1S/C22H23FN2/c1-16-11-13-18(14-12-16)22(25-21-9-4-3-5-10-21)24-17(2)19-7-6-8-20(23)15-19/h3-15,17,22,24-25H,1-2H3/t17-,22?/m1/s1. The largest absolute Gasteiger partial charge is 0.366 e. The van der Waals surface area contributed by atoms with E-state index in [2.05, 4.69) is 41.8 Å². The van der Waals surface area contributed by atoms with Crippen molar-refractivity contribution in [2.24, 2.45) is 0 Å². The van der Waals surface area contributed by atoms with Crippen LogP contribution in [0.3, 0.4) is 0 Å². The van der Waals surface area contributed by atoms with Crippen molar-refractivity contribution in [2.75, 3.05) is 5.32 Å². The maximum Gasteiger partial charge on any atom is 0.123 e. The van der Waals surface area contributed by atoms with Gasteiger partial charge in [0.2, 0.25) is 0 Å². The highest BCUT2D eigenvalue weighted by molar-refractivity contribution is 5.45. The molecule has 3 heteroatoms. The quantitative estimate of drug-likeness (QED) is 0.574. The predicted octanol–water partition coefficient (Wildman–Crippen LogP) is 5.60. The van der Waals surface area contributed by atoms with E-state index in [-0.39, 0.29) is 18.0 Å². The van der Waals surface area contributed by atoms with Crippen molar-refractivity contribution in [3.8, 4) is 0 Å². The fourth-order valence-corrected chi connectivity index (χ4v) is 2.80. The van der Waals surface area contributed by atoms with Crippen molar-refractivity contribution < 1.29 is 4.39 Å². The van der Waals surface area contributed by atoms with Gasteiger partial charge in [0.25, 0.3) is 0 Å². The van der Waals surface area contributed by atoms with Gasteiger partial charge in [-0.2, -0.15) is 0 Å². The molecule has 1 unspecified atom stereocenters. The van der Waals surface area contributed by atoms with E-state index in [1.807, 2.05) is 43.3 Å². The van der Waals surface area contributed by atoms with Crippen LogP contribution < -0.4 is 10.6 Å². The SMILES string of the molecule is Cc1ccc(C(Nc2ccccc2)N[C@H](C)c2cccc(F)c2)cc1. The first-order valence-electron chi connectivity index (χ1n) is 8.51. The lowest BCUT2D eigenvalue weighted by Gasteiger charge is -2.26. The molecule has 0 bridgehead atoms. The van der Waals surface area contributed by atoms with Crippen LogP contribution in [0.5, 0.6) is 0 Å². The normalized spacial score (nSPS) is 13.2. The topological polar surface area (TPSA) is 24.1 Å². The molecule has 0 aliphatic rings. The van der Waals surface area contributed by atoms with E-state index in [1.54, 1.807) is 12.1 Å². The number of anilines is 1. The van der Waals surface area contributed by atoms with Crippen LogP contribution in [0, 0.1) is 12.7 Å². The number of para-hydroxylation sites is 1. The Morgan fingerprint density at radius 2 is 1.52 bits per heavy atom. The molecule has 0 fully saturated rings. The highest BCUT2D eigenvalue weighted by Crippen LogP contribution is 2.23. The molecule has 0 heterocycles. The summed E-state index contributed by atoms with van der Waals surface area (Å²) in [5, 5.41) is 7.09. The average Bonchev–Trinajstić information content (AvgIpc) is 2.62. The van der Waals surface area contributed by atoms with Gasteiger partial charge in [-0.3, -0.25) is 5.32 Å². The van der Waals surface area contributed by atoms with Crippen LogP contribution in [0.15, 0.2) is 78.9 Å². The fraction of sp³-hybridized carbons (Fsp3) is 0.182. The zero-order valence-corrected chi connectivity index (χ0v) is 14.5. The minimum atomic E-state index is -0.214. The summed E-state index contributed by atoms with van der Waals surface area (Å²) in [6.45, 7) is 4.12. The molecular formula is C22H23FN2. The van der Waals surface area contributed by atoms with Crippen LogP contribution in [-0.4, -0.2) is 0 Å². The zero-order valence-electron chi connectivity index (χ0n) is 14.5. The lowest BCUT2D eigenvalue weighted by molar-refractivity contribution is 0.500. The van der Waals surface area contributed by atoms with Gasteiger partial charge >= 0.3 is 0 Å². The van der Waals surface area contributed by atoms with Crippen molar-refractivity contribution in [3.63, 3.8) is 0 Å². The molecule has 0 aliphatic heterocycles. The summed E-state index contributed by atoms with van der Waals surface area (Å²) in [5.74, 6) is -0.214. The number of benzene rings is 3. The first-order valence-corrected chi connectivity index (χ1v) is 8.51. The summed E-state index contributed by atoms with van der Waals surface area (Å²) in [6.07, 6.45) is -0.0822. The molecular weight excluding hydrogens is 311 g/mol. The van der Waals surface area contributed by atoms with Crippen LogP contribution in [0.25, 0.3) is 0 Å². The molecule has 0 radical (unpaired) electrons. The van der Waals surface area contributed by atoms with Gasteiger partial charge in [0.15, 0.2) is 0 Å². The van der Waals surface area contributed by atoms with Crippen molar-refractivity contribution in [2.45, 2.75) is 26.1 Å². The summed E-state index contributed by atoms with van der Waals surface area (Å²) in [5.41, 5.74) is 4.32. The Morgan fingerprint density at radius 3 is 2.20 bits per heavy atom. The number of hydrogen-bond acceptors (Lipinski definition) is 2. The van der Waals surface area contributed by atoms with Gasteiger partial charge in [0.05, 0.1) is 0 Å². The van der Waals surface area contributed by atoms with E-state index in [1.165, 1.54) is 11.6 Å². The van der Waals surface area contributed by atoms with Gasteiger partial charge in [-0.15, -0.1) is 0 Å². The molecule has 3 aromatic carbocycles. The maximum absolute atomic E-state index is 13.5. The minimum Gasteiger partial charge on any atom is -0.366 e. The van der Waals surface area contributed by atoms with Gasteiger partial charge in [-0.05, 0) is 49.2 Å². The van der Waals surface area contributed by atoms with E-state index in [0.29, 0.717) is 0 Å². The van der Waals surface area contributed by atoms with Crippen molar-refractivity contribution in [1.29, 1.82) is 0 Å². The first-order chi connectivity index (χ1) is 12.1. The molecule has 2 atom stereocenters. The third-order valence-electron chi connectivity index (χ3n) is 4.26. The second-order valence-corrected chi connectivity index (χ2v) is 6.30. The molecule has 2 N–H and O–H groups in total. The van der Waals surface area contributed by atoms with Crippen molar-refractivity contribution in [3.05, 3.63) is 101 Å². The summed E-state index contributed by atoms with van der Waals surface area (Å²) in [6, 6.07) is 25.2. The van der Waals surface area contributed by atoms with Crippen molar-refractivity contribution in [1.82, 2.24) is 5.32 Å². The molecule has 128 valence electrons. The third-order valence-corrected chi connectivity index (χ3v) is 4.26. The zero-order chi connectivity index (χ0) is 17.6. The number of rotatable bonds is 6. The lowest BCUT2D eigenvalue weighted by atomic mass is 10.1. The van der Waals surface area contributed by atoms with E-state index in [0.717, 1.165) is 16.8 Å². The van der Waals surface area contributed by atoms with Crippen LogP contribution in [0.1, 0.15) is 35.8 Å². The summed E-state index contributed by atoms with van der Waals surface area (Å²) >= 11 is 0. The van der Waals surface area contributed by atoms with Gasteiger partial charge in [-0.25, -0.2) is 4.39 Å². The Labute approximate surface area is 148 Å². The van der Waals surface area contributed by atoms with Crippen LogP contribution in [-0.2, 0) is 0 Å². The molecule has 0 saturated carbocycles. The molecule has 0 amide bonds. The molecule has 0 spiro atoms. The minimum absolute atomic E-state index is 0.00165. The van der Waals surface area contributed by atoms with Crippen LogP contribution in [0.2, 0.25) is 0 Å². The highest BCUT2D eigenvalue weighted by Gasteiger charge is 2.15. The van der Waals surface area contributed by atoms with E-state index in [4.69, 9.17) is 0 Å².